The van der Waals surface area contributed by atoms with E-state index in [1.807, 2.05) is 62.4 Å². The maximum Gasteiger partial charge on any atom is 0.233 e. The van der Waals surface area contributed by atoms with Gasteiger partial charge in [-0.15, -0.1) is 11.8 Å². The molecule has 2 rings (SSSR count). The summed E-state index contributed by atoms with van der Waals surface area (Å²) in [5, 5.41) is 2.86. The number of thioether (sulfide) groups is 1. The summed E-state index contributed by atoms with van der Waals surface area (Å²) in [7, 11) is 3.24. The largest absolute Gasteiger partial charge is 0.497 e. The molecule has 24 heavy (non-hydrogen) atoms. The molecule has 0 heterocycles. The van der Waals surface area contributed by atoms with E-state index in [1.165, 1.54) is 11.8 Å². The highest BCUT2D eigenvalue weighted by Crippen LogP contribution is 2.30. The Morgan fingerprint density at radius 2 is 1.75 bits per heavy atom. The van der Waals surface area contributed by atoms with E-state index in [-0.39, 0.29) is 17.2 Å². The van der Waals surface area contributed by atoms with Crippen molar-refractivity contribution in [2.24, 2.45) is 0 Å². The molecule has 5 heteroatoms. The second-order valence-electron chi connectivity index (χ2n) is 5.41. The topological polar surface area (TPSA) is 47.6 Å². The Balaban J connectivity index is 2.05. The van der Waals surface area contributed by atoms with Crippen LogP contribution in [0.4, 0.5) is 0 Å². The third kappa shape index (κ3) is 4.68. The predicted octanol–water partition coefficient (Wildman–Crippen LogP) is 4.06. The molecule has 0 fully saturated rings. The molecule has 2 aromatic carbocycles. The van der Waals surface area contributed by atoms with Crippen molar-refractivity contribution in [2.75, 3.05) is 14.2 Å². The summed E-state index contributed by atoms with van der Waals surface area (Å²) in [6.45, 7) is 3.84. The molecule has 0 radical (unpaired) electrons. The Kier molecular flexibility index (Phi) is 6.55. The van der Waals surface area contributed by atoms with E-state index >= 15 is 0 Å². The fraction of sp³-hybridized carbons (Fsp3) is 0.316. The molecule has 1 amide bonds. The molecule has 0 spiro atoms. The molecule has 0 aliphatic heterocycles. The van der Waals surface area contributed by atoms with Gasteiger partial charge in [0.1, 0.15) is 11.5 Å². The van der Waals surface area contributed by atoms with Gasteiger partial charge in [-0.05, 0) is 44.2 Å². The fourth-order valence-electron chi connectivity index (χ4n) is 2.34. The van der Waals surface area contributed by atoms with E-state index < -0.39 is 0 Å². The van der Waals surface area contributed by atoms with Crippen LogP contribution in [0, 0.1) is 0 Å². The van der Waals surface area contributed by atoms with Crippen LogP contribution in [-0.2, 0) is 4.79 Å². The first-order valence-electron chi connectivity index (χ1n) is 7.79. The highest BCUT2D eigenvalue weighted by molar-refractivity contribution is 8.00. The summed E-state index contributed by atoms with van der Waals surface area (Å²) < 4.78 is 10.7. The van der Waals surface area contributed by atoms with Gasteiger partial charge in [-0.2, -0.15) is 0 Å². The minimum absolute atomic E-state index is 0.0128. The van der Waals surface area contributed by atoms with Gasteiger partial charge in [-0.3, -0.25) is 4.79 Å². The van der Waals surface area contributed by atoms with Crippen LogP contribution in [-0.4, -0.2) is 25.4 Å². The Labute approximate surface area is 147 Å². The van der Waals surface area contributed by atoms with Gasteiger partial charge in [-0.25, -0.2) is 0 Å². The zero-order valence-corrected chi connectivity index (χ0v) is 15.2. The van der Waals surface area contributed by atoms with Crippen molar-refractivity contribution in [2.45, 2.75) is 30.0 Å². The number of ether oxygens (including phenoxy) is 2. The number of carbonyl (C=O) groups is 1. The fourth-order valence-corrected chi connectivity index (χ4v) is 3.24. The van der Waals surface area contributed by atoms with Gasteiger partial charge < -0.3 is 14.8 Å². The Bertz CT molecular complexity index is 676. The number of hydrogen-bond acceptors (Lipinski definition) is 4. The van der Waals surface area contributed by atoms with Crippen LogP contribution in [0.25, 0.3) is 0 Å². The quantitative estimate of drug-likeness (QED) is 0.769. The normalized spacial score (nSPS) is 13.0. The van der Waals surface area contributed by atoms with Crippen molar-refractivity contribution >= 4 is 17.7 Å². The molecule has 0 aliphatic rings. The predicted molar refractivity (Wildman–Crippen MR) is 97.9 cm³/mol. The molecular weight excluding hydrogens is 322 g/mol. The van der Waals surface area contributed by atoms with Crippen LogP contribution >= 0.6 is 11.8 Å². The van der Waals surface area contributed by atoms with E-state index in [9.17, 15) is 4.79 Å². The van der Waals surface area contributed by atoms with Crippen molar-refractivity contribution in [3.8, 4) is 11.5 Å². The lowest BCUT2D eigenvalue weighted by Crippen LogP contribution is -2.33. The molecule has 1 N–H and O–H groups in total. The smallest absolute Gasteiger partial charge is 0.233 e. The van der Waals surface area contributed by atoms with Crippen molar-refractivity contribution in [1.29, 1.82) is 0 Å². The number of methoxy groups -OCH3 is 2. The average molecular weight is 345 g/mol. The van der Waals surface area contributed by atoms with E-state index in [0.29, 0.717) is 0 Å². The van der Waals surface area contributed by atoms with Crippen LogP contribution in [0.3, 0.4) is 0 Å². The summed E-state index contributed by atoms with van der Waals surface area (Å²) in [6, 6.07) is 15.3. The number of benzene rings is 2. The number of carbonyl (C=O) groups excluding carboxylic acids is 1. The van der Waals surface area contributed by atoms with E-state index in [0.717, 1.165) is 22.0 Å². The van der Waals surface area contributed by atoms with Crippen LogP contribution < -0.4 is 14.8 Å². The summed E-state index contributed by atoms with van der Waals surface area (Å²) in [6.07, 6.45) is 0. The lowest BCUT2D eigenvalue weighted by atomic mass is 10.1. The van der Waals surface area contributed by atoms with E-state index in [2.05, 4.69) is 5.32 Å². The van der Waals surface area contributed by atoms with Gasteiger partial charge in [0.2, 0.25) is 5.91 Å². The minimum atomic E-state index is -0.188. The molecule has 0 aromatic heterocycles. The summed E-state index contributed by atoms with van der Waals surface area (Å²) in [4.78, 5) is 13.6. The molecule has 0 aliphatic carbocycles. The lowest BCUT2D eigenvalue weighted by molar-refractivity contribution is -0.120. The Hall–Kier alpha value is -2.14. The molecular formula is C19H23NO3S. The maximum absolute atomic E-state index is 12.5. The third-order valence-electron chi connectivity index (χ3n) is 3.69. The minimum Gasteiger partial charge on any atom is -0.497 e. The molecule has 4 nitrogen and oxygen atoms in total. The number of hydrogen-bond donors (Lipinski definition) is 1. The van der Waals surface area contributed by atoms with Gasteiger partial charge in [0.05, 0.1) is 25.5 Å². The van der Waals surface area contributed by atoms with Gasteiger partial charge in [0.15, 0.2) is 0 Å². The summed E-state index contributed by atoms with van der Waals surface area (Å²) in [5.74, 6) is 1.45. The molecule has 0 saturated heterocycles. The Morgan fingerprint density at radius 3 is 2.38 bits per heavy atom. The Morgan fingerprint density at radius 1 is 1.04 bits per heavy atom. The lowest BCUT2D eigenvalue weighted by Gasteiger charge is -2.20. The molecule has 128 valence electrons. The summed E-state index contributed by atoms with van der Waals surface area (Å²) >= 11 is 1.54. The second-order valence-corrected chi connectivity index (χ2v) is 6.83. The van der Waals surface area contributed by atoms with Crippen molar-refractivity contribution in [3.63, 3.8) is 0 Å². The monoisotopic (exact) mass is 345 g/mol. The molecule has 0 bridgehead atoms. The van der Waals surface area contributed by atoms with Crippen LogP contribution in [0.15, 0.2) is 53.4 Å². The molecule has 2 unspecified atom stereocenters. The zero-order chi connectivity index (χ0) is 17.5. The van der Waals surface area contributed by atoms with Gasteiger partial charge >= 0.3 is 0 Å². The zero-order valence-electron chi connectivity index (χ0n) is 14.4. The molecule has 2 atom stereocenters. The van der Waals surface area contributed by atoms with E-state index in [4.69, 9.17) is 9.47 Å². The number of rotatable bonds is 7. The first kappa shape index (κ1) is 18.2. The first-order valence-corrected chi connectivity index (χ1v) is 8.67. The average Bonchev–Trinajstić information content (AvgIpc) is 2.61. The second kappa shape index (κ2) is 8.64. The molecule has 0 saturated carbocycles. The van der Waals surface area contributed by atoms with Crippen LogP contribution in [0.1, 0.15) is 25.5 Å². The van der Waals surface area contributed by atoms with Crippen LogP contribution in [0.5, 0.6) is 11.5 Å². The SMILES string of the molecule is COc1ccc(OC)c(C(C)NC(=O)C(C)Sc2ccccc2)c1. The van der Waals surface area contributed by atoms with Crippen molar-refractivity contribution in [3.05, 3.63) is 54.1 Å². The van der Waals surface area contributed by atoms with Crippen molar-refractivity contribution < 1.29 is 14.3 Å². The van der Waals surface area contributed by atoms with Gasteiger partial charge in [0, 0.05) is 10.5 Å². The number of amides is 1. The van der Waals surface area contributed by atoms with Gasteiger partial charge in [-0.1, -0.05) is 18.2 Å². The van der Waals surface area contributed by atoms with Gasteiger partial charge in [0.25, 0.3) is 0 Å². The number of nitrogens with one attached hydrogen (secondary N) is 1. The van der Waals surface area contributed by atoms with Crippen molar-refractivity contribution in [1.82, 2.24) is 5.32 Å². The summed E-state index contributed by atoms with van der Waals surface area (Å²) in [5.41, 5.74) is 0.891. The highest BCUT2D eigenvalue weighted by Gasteiger charge is 2.19. The van der Waals surface area contributed by atoms with E-state index in [1.54, 1.807) is 14.2 Å². The standard InChI is InChI=1S/C19H23NO3S/c1-13(17-12-15(22-3)10-11-18(17)23-4)20-19(21)14(2)24-16-8-6-5-7-9-16/h5-14H,1-4H3,(H,20,21). The highest BCUT2D eigenvalue weighted by atomic mass is 32.2. The first-order chi connectivity index (χ1) is 11.5. The molecule has 2 aromatic rings. The maximum atomic E-state index is 12.5. The third-order valence-corrected chi connectivity index (χ3v) is 4.80. The van der Waals surface area contributed by atoms with Crippen LogP contribution in [0.2, 0.25) is 0 Å².